The van der Waals surface area contributed by atoms with Gasteiger partial charge in [-0.15, -0.1) is 12.4 Å². The fraction of sp³-hybridized carbons (Fsp3) is 0.333. The molecule has 5 nitrogen and oxygen atoms in total. The second-order valence-electron chi connectivity index (χ2n) is 6.03. The zero-order chi connectivity index (χ0) is 17.1. The Morgan fingerprint density at radius 2 is 2.08 bits per heavy atom. The van der Waals surface area contributed by atoms with Gasteiger partial charge in [0, 0.05) is 30.9 Å². The van der Waals surface area contributed by atoms with Crippen molar-refractivity contribution in [1.82, 2.24) is 9.88 Å². The van der Waals surface area contributed by atoms with Gasteiger partial charge in [0.1, 0.15) is 11.4 Å². The summed E-state index contributed by atoms with van der Waals surface area (Å²) in [5.74, 6) is -0.908. The molecule has 1 saturated carbocycles. The minimum absolute atomic E-state index is 0. The largest absolute Gasteiger partial charge is 0.348 e. The molecule has 7 heteroatoms. The highest BCUT2D eigenvalue weighted by Gasteiger charge is 2.22. The van der Waals surface area contributed by atoms with E-state index >= 15 is 0 Å². The summed E-state index contributed by atoms with van der Waals surface area (Å²) in [7, 11) is 0. The molecule has 1 aliphatic carbocycles. The maximum Gasteiger partial charge on any atom is 0.263 e. The molecule has 1 aliphatic rings. The minimum Gasteiger partial charge on any atom is -0.348 e. The van der Waals surface area contributed by atoms with Gasteiger partial charge in [0.05, 0.1) is 0 Å². The standard InChI is InChI=1S/C18H20FN3O2.ClH/c19-16-9-12(10-20)6-7-13(16)11-21-17(23)15-5-2-8-22(18(15)24)14-3-1-4-14;/h2,5-9,14H,1,3-4,10-11,20H2,(H,21,23);1H. The molecule has 1 amide bonds. The third-order valence-electron chi connectivity index (χ3n) is 4.48. The zero-order valence-electron chi connectivity index (χ0n) is 13.7. The molecule has 2 aromatic rings. The summed E-state index contributed by atoms with van der Waals surface area (Å²) in [6, 6.07) is 8.05. The SMILES string of the molecule is Cl.NCc1ccc(CNC(=O)c2cccn(C3CCC3)c2=O)c(F)c1. The van der Waals surface area contributed by atoms with Gasteiger partial charge in [0.25, 0.3) is 11.5 Å². The fourth-order valence-electron chi connectivity index (χ4n) is 2.77. The number of carbonyl (C=O) groups excluding carboxylic acids is 1. The lowest BCUT2D eigenvalue weighted by atomic mass is 9.92. The summed E-state index contributed by atoms with van der Waals surface area (Å²) in [6.45, 7) is 0.279. The van der Waals surface area contributed by atoms with Crippen LogP contribution >= 0.6 is 12.4 Å². The Balaban J connectivity index is 0.00000225. The molecule has 1 aromatic heterocycles. The molecule has 0 radical (unpaired) electrons. The molecule has 3 rings (SSSR count). The van der Waals surface area contributed by atoms with Crippen molar-refractivity contribution in [3.63, 3.8) is 0 Å². The molecule has 0 atom stereocenters. The van der Waals surface area contributed by atoms with Gasteiger partial charge < -0.3 is 15.6 Å². The monoisotopic (exact) mass is 365 g/mol. The summed E-state index contributed by atoms with van der Waals surface area (Å²) in [5.41, 5.74) is 6.30. The van der Waals surface area contributed by atoms with Crippen LogP contribution in [0.1, 0.15) is 46.8 Å². The highest BCUT2D eigenvalue weighted by atomic mass is 35.5. The van der Waals surface area contributed by atoms with E-state index in [2.05, 4.69) is 5.32 Å². The quantitative estimate of drug-likeness (QED) is 0.854. The van der Waals surface area contributed by atoms with Crippen molar-refractivity contribution >= 4 is 18.3 Å². The topological polar surface area (TPSA) is 77.1 Å². The number of pyridine rings is 1. The number of nitrogens with two attached hydrogens (primary N) is 1. The molecule has 0 unspecified atom stereocenters. The second-order valence-corrected chi connectivity index (χ2v) is 6.03. The lowest BCUT2D eigenvalue weighted by Gasteiger charge is -2.27. The second kappa shape index (κ2) is 8.27. The highest BCUT2D eigenvalue weighted by molar-refractivity contribution is 5.93. The normalized spacial score (nSPS) is 13.7. The summed E-state index contributed by atoms with van der Waals surface area (Å²) in [5, 5.41) is 2.61. The smallest absolute Gasteiger partial charge is 0.263 e. The van der Waals surface area contributed by atoms with Crippen LogP contribution in [-0.2, 0) is 13.1 Å². The van der Waals surface area contributed by atoms with E-state index in [0.29, 0.717) is 11.1 Å². The number of carbonyl (C=O) groups is 1. The summed E-state index contributed by atoms with van der Waals surface area (Å²) >= 11 is 0. The van der Waals surface area contributed by atoms with E-state index in [4.69, 9.17) is 5.73 Å². The van der Waals surface area contributed by atoms with Crippen LogP contribution in [0.2, 0.25) is 0 Å². The van der Waals surface area contributed by atoms with Crippen molar-refractivity contribution in [3.8, 4) is 0 Å². The maximum atomic E-state index is 13.9. The molecule has 1 fully saturated rings. The minimum atomic E-state index is -0.490. The number of halogens is 2. The number of nitrogens with one attached hydrogen (secondary N) is 1. The molecule has 1 aromatic carbocycles. The molecule has 25 heavy (non-hydrogen) atoms. The van der Waals surface area contributed by atoms with Crippen molar-refractivity contribution in [2.24, 2.45) is 5.73 Å². The Bertz CT molecular complexity index is 818. The Hall–Kier alpha value is -2.18. The third kappa shape index (κ3) is 4.08. The Morgan fingerprint density at radius 1 is 1.32 bits per heavy atom. The van der Waals surface area contributed by atoms with Gasteiger partial charge in [0.15, 0.2) is 0 Å². The van der Waals surface area contributed by atoms with Gasteiger partial charge in [0.2, 0.25) is 0 Å². The van der Waals surface area contributed by atoms with E-state index in [1.54, 1.807) is 29.0 Å². The van der Waals surface area contributed by atoms with Crippen molar-refractivity contribution < 1.29 is 9.18 Å². The van der Waals surface area contributed by atoms with Gasteiger partial charge in [-0.1, -0.05) is 12.1 Å². The van der Waals surface area contributed by atoms with Gasteiger partial charge in [-0.3, -0.25) is 9.59 Å². The molecule has 0 saturated heterocycles. The van der Waals surface area contributed by atoms with Crippen molar-refractivity contribution in [1.29, 1.82) is 0 Å². The lowest BCUT2D eigenvalue weighted by molar-refractivity contribution is 0.0948. The molecule has 0 aliphatic heterocycles. The van der Waals surface area contributed by atoms with Gasteiger partial charge in [-0.05, 0) is 43.0 Å². The molecule has 0 spiro atoms. The van der Waals surface area contributed by atoms with E-state index < -0.39 is 11.7 Å². The van der Waals surface area contributed by atoms with Crippen LogP contribution in [0.25, 0.3) is 0 Å². The average molecular weight is 366 g/mol. The van der Waals surface area contributed by atoms with Crippen LogP contribution < -0.4 is 16.6 Å². The van der Waals surface area contributed by atoms with Crippen LogP contribution in [0, 0.1) is 5.82 Å². The van der Waals surface area contributed by atoms with E-state index in [9.17, 15) is 14.0 Å². The number of aromatic nitrogens is 1. The van der Waals surface area contributed by atoms with Crippen molar-refractivity contribution in [3.05, 3.63) is 69.4 Å². The lowest BCUT2D eigenvalue weighted by Crippen LogP contribution is -2.35. The fourth-order valence-corrected chi connectivity index (χ4v) is 2.77. The molecule has 1 heterocycles. The van der Waals surface area contributed by atoms with Crippen LogP contribution in [0.15, 0.2) is 41.3 Å². The van der Waals surface area contributed by atoms with E-state index in [-0.39, 0.29) is 42.7 Å². The molecular formula is C18H21ClFN3O2. The van der Waals surface area contributed by atoms with Crippen molar-refractivity contribution in [2.75, 3.05) is 0 Å². The van der Waals surface area contributed by atoms with Gasteiger partial charge >= 0.3 is 0 Å². The first-order valence-corrected chi connectivity index (χ1v) is 8.07. The highest BCUT2D eigenvalue weighted by Crippen LogP contribution is 2.29. The summed E-state index contributed by atoms with van der Waals surface area (Å²) in [6.07, 6.45) is 4.74. The molecule has 0 bridgehead atoms. The van der Waals surface area contributed by atoms with Crippen molar-refractivity contribution in [2.45, 2.75) is 38.4 Å². The number of rotatable bonds is 5. The van der Waals surface area contributed by atoms with Gasteiger partial charge in [-0.25, -0.2) is 4.39 Å². The third-order valence-corrected chi connectivity index (χ3v) is 4.48. The van der Waals surface area contributed by atoms with Gasteiger partial charge in [-0.2, -0.15) is 0 Å². The summed E-state index contributed by atoms with van der Waals surface area (Å²) in [4.78, 5) is 24.7. The first-order chi connectivity index (χ1) is 11.6. The predicted octanol–water partition coefficient (Wildman–Crippen LogP) is 2.52. The molecular weight excluding hydrogens is 345 g/mol. The Labute approximate surface area is 151 Å². The van der Waals surface area contributed by atoms with Crippen LogP contribution in [-0.4, -0.2) is 10.5 Å². The first-order valence-electron chi connectivity index (χ1n) is 8.07. The Morgan fingerprint density at radius 3 is 2.68 bits per heavy atom. The number of benzene rings is 1. The van der Waals surface area contributed by atoms with E-state index in [1.165, 1.54) is 12.1 Å². The van der Waals surface area contributed by atoms with Crippen LogP contribution in [0.4, 0.5) is 4.39 Å². The molecule has 3 N–H and O–H groups in total. The average Bonchev–Trinajstić information content (AvgIpc) is 2.53. The van der Waals surface area contributed by atoms with Crippen LogP contribution in [0.3, 0.4) is 0 Å². The predicted molar refractivity (Wildman–Crippen MR) is 96.3 cm³/mol. The summed E-state index contributed by atoms with van der Waals surface area (Å²) < 4.78 is 15.5. The number of amides is 1. The van der Waals surface area contributed by atoms with Crippen LogP contribution in [0.5, 0.6) is 0 Å². The number of hydrogen-bond donors (Lipinski definition) is 2. The van der Waals surface area contributed by atoms with E-state index in [1.807, 2.05) is 0 Å². The number of hydrogen-bond acceptors (Lipinski definition) is 3. The number of nitrogens with zero attached hydrogens (tertiary/aromatic N) is 1. The zero-order valence-corrected chi connectivity index (χ0v) is 14.5. The maximum absolute atomic E-state index is 13.9. The molecule has 134 valence electrons. The van der Waals surface area contributed by atoms with E-state index in [0.717, 1.165) is 19.3 Å². The Kier molecular flexibility index (Phi) is 6.33. The first kappa shape index (κ1) is 19.1.